The van der Waals surface area contributed by atoms with E-state index in [1.54, 1.807) is 0 Å². The average Bonchev–Trinajstić information content (AvgIpc) is 3.17. The summed E-state index contributed by atoms with van der Waals surface area (Å²) in [6, 6.07) is 0.219. The second-order valence-electron chi connectivity index (χ2n) is 5.57. The molecular weight excluding hydrogens is 398 g/mol. The van der Waals surface area contributed by atoms with Gasteiger partial charge in [-0.3, -0.25) is 0 Å². The van der Waals surface area contributed by atoms with E-state index in [2.05, 4.69) is 5.10 Å². The highest BCUT2D eigenvalue weighted by Gasteiger charge is 2.65. The summed E-state index contributed by atoms with van der Waals surface area (Å²) >= 11 is 11.5. The van der Waals surface area contributed by atoms with Gasteiger partial charge in [-0.1, -0.05) is 42.6 Å². The van der Waals surface area contributed by atoms with Crippen molar-refractivity contribution >= 4 is 44.9 Å². The van der Waals surface area contributed by atoms with Crippen molar-refractivity contribution in [3.8, 4) is 5.69 Å². The molecule has 4 N–H and O–H groups in total. The summed E-state index contributed by atoms with van der Waals surface area (Å²) in [5.74, 6) is 0.0378. The first kappa shape index (κ1) is 17.4. The minimum atomic E-state index is -9.92. The van der Waals surface area contributed by atoms with Crippen molar-refractivity contribution in [3.05, 3.63) is 27.9 Å². The largest absolute Gasteiger partial charge is 0.394 e. The van der Waals surface area contributed by atoms with Gasteiger partial charge in [0.05, 0.1) is 21.4 Å². The number of hydrogen-bond donors (Lipinski definition) is 2. The number of nitrogens with two attached hydrogens (primary N) is 2. The fraction of sp³-hybridized carbons (Fsp3) is 0.250. The van der Waals surface area contributed by atoms with Crippen LogP contribution in [0.1, 0.15) is 24.5 Å². The van der Waals surface area contributed by atoms with Gasteiger partial charge in [-0.25, -0.2) is 4.68 Å². The summed E-state index contributed by atoms with van der Waals surface area (Å²) in [4.78, 5) is -2.19. The predicted octanol–water partition coefficient (Wildman–Crippen LogP) is 5.88. The van der Waals surface area contributed by atoms with Crippen LogP contribution < -0.4 is 11.5 Å². The maximum Gasteiger partial charge on any atom is 0.310 e. The molecule has 0 amide bonds. The van der Waals surface area contributed by atoms with Crippen molar-refractivity contribution in [2.45, 2.75) is 23.7 Å². The molecule has 0 atom stereocenters. The molecule has 1 fully saturated rings. The number of nitrogens with zero attached hydrogens (tertiary/aromatic N) is 2. The Morgan fingerprint density at radius 1 is 1.04 bits per heavy atom. The third-order valence-corrected chi connectivity index (χ3v) is 5.30. The molecule has 12 heteroatoms. The van der Waals surface area contributed by atoms with Crippen molar-refractivity contribution in [1.29, 1.82) is 0 Å². The number of hydrogen-bond acceptors (Lipinski definition) is 3. The molecule has 0 unspecified atom stereocenters. The number of rotatable bonds is 3. The van der Waals surface area contributed by atoms with Crippen molar-refractivity contribution in [2.75, 3.05) is 11.5 Å². The zero-order valence-electron chi connectivity index (χ0n) is 11.7. The lowest BCUT2D eigenvalue weighted by Gasteiger charge is -2.40. The van der Waals surface area contributed by atoms with E-state index in [4.69, 9.17) is 34.7 Å². The Morgan fingerprint density at radius 2 is 1.54 bits per heavy atom. The molecule has 0 radical (unpaired) electrons. The SMILES string of the molecule is Nc1c(C2CC2)nn(-c2c(Cl)cc(S(F)(F)(F)(F)F)cc2Cl)c1N. The second-order valence-corrected chi connectivity index (χ2v) is 8.80. The smallest absolute Gasteiger partial charge is 0.310 e. The number of aromatic nitrogens is 2. The van der Waals surface area contributed by atoms with E-state index in [0.717, 1.165) is 17.5 Å². The van der Waals surface area contributed by atoms with Crippen LogP contribution in [0, 0.1) is 0 Å². The minimum Gasteiger partial charge on any atom is -0.394 e. The third kappa shape index (κ3) is 2.98. The van der Waals surface area contributed by atoms with Gasteiger partial charge in [0.1, 0.15) is 10.6 Å². The lowest BCUT2D eigenvalue weighted by atomic mass is 10.2. The number of nitrogen functional groups attached to an aromatic ring is 2. The predicted molar refractivity (Wildman–Crippen MR) is 85.8 cm³/mol. The normalized spacial score (nSPS) is 18.3. The molecule has 1 aliphatic rings. The van der Waals surface area contributed by atoms with Crippen molar-refractivity contribution in [3.63, 3.8) is 0 Å². The van der Waals surface area contributed by atoms with Crippen LogP contribution in [0.2, 0.25) is 10.0 Å². The van der Waals surface area contributed by atoms with Crippen LogP contribution in [-0.4, -0.2) is 9.78 Å². The van der Waals surface area contributed by atoms with Gasteiger partial charge in [-0.15, -0.1) is 0 Å². The Morgan fingerprint density at radius 3 is 1.96 bits per heavy atom. The minimum absolute atomic E-state index is 0.0687. The molecular formula is C12H11Cl2F5N4S. The molecule has 0 aliphatic heterocycles. The Kier molecular flexibility index (Phi) is 3.21. The molecule has 1 heterocycles. The highest BCUT2D eigenvalue weighted by atomic mass is 35.5. The molecule has 0 bridgehead atoms. The lowest BCUT2D eigenvalue weighted by Crippen LogP contribution is -2.09. The van der Waals surface area contributed by atoms with E-state index in [9.17, 15) is 19.4 Å². The van der Waals surface area contributed by atoms with Crippen LogP contribution >= 0.6 is 33.4 Å². The molecule has 1 aromatic heterocycles. The van der Waals surface area contributed by atoms with E-state index >= 15 is 0 Å². The van der Waals surface area contributed by atoms with E-state index in [1.165, 1.54) is 0 Å². The van der Waals surface area contributed by atoms with Crippen LogP contribution in [0.15, 0.2) is 17.0 Å². The molecule has 1 aliphatic carbocycles. The molecule has 2 aromatic rings. The first-order valence-corrected chi connectivity index (χ1v) is 9.27. The summed E-state index contributed by atoms with van der Waals surface area (Å²) in [5.41, 5.74) is 12.1. The molecule has 1 saturated carbocycles. The van der Waals surface area contributed by atoms with Gasteiger partial charge in [0, 0.05) is 5.92 Å². The molecule has 1 aromatic carbocycles. The first-order chi connectivity index (χ1) is 10.7. The highest BCUT2D eigenvalue weighted by Crippen LogP contribution is 3.02. The molecule has 3 rings (SSSR count). The molecule has 24 heavy (non-hydrogen) atoms. The zero-order chi connectivity index (χ0) is 18.1. The topological polar surface area (TPSA) is 69.9 Å². The standard InChI is InChI=1S/C12H11Cl2F5N4S/c13-7-3-6(24(15,16,17,18)19)4-8(14)11(7)23-12(21)9(20)10(22-23)5-1-2-5/h3-5H,1-2,20-21H2. The second kappa shape index (κ2) is 4.41. The van der Waals surface area contributed by atoms with E-state index in [-0.39, 0.29) is 35.2 Å². The number of anilines is 2. The lowest BCUT2D eigenvalue weighted by molar-refractivity contribution is 0.364. The number of benzene rings is 1. The van der Waals surface area contributed by atoms with Crippen LogP contribution in [0.25, 0.3) is 5.69 Å². The maximum absolute atomic E-state index is 12.9. The zero-order valence-corrected chi connectivity index (χ0v) is 14.1. The Balaban J connectivity index is 2.20. The van der Waals surface area contributed by atoms with Gasteiger partial charge >= 0.3 is 10.2 Å². The monoisotopic (exact) mass is 408 g/mol. The molecule has 0 saturated heterocycles. The van der Waals surface area contributed by atoms with E-state index in [0.29, 0.717) is 5.69 Å². The fourth-order valence-corrected chi connectivity index (χ4v) is 3.71. The summed E-state index contributed by atoms with van der Waals surface area (Å²) < 4.78 is 65.6. The molecule has 4 nitrogen and oxygen atoms in total. The summed E-state index contributed by atoms with van der Waals surface area (Å²) in [6.45, 7) is 0. The van der Waals surface area contributed by atoms with Crippen LogP contribution in [0.4, 0.5) is 30.9 Å². The summed E-state index contributed by atoms with van der Waals surface area (Å²) in [7, 11) is -9.92. The maximum atomic E-state index is 12.9. The fourth-order valence-electron chi connectivity index (χ4n) is 2.26. The number of halogens is 7. The van der Waals surface area contributed by atoms with E-state index in [1.807, 2.05) is 0 Å². The van der Waals surface area contributed by atoms with Gasteiger partial charge in [0.15, 0.2) is 5.82 Å². The van der Waals surface area contributed by atoms with Gasteiger partial charge in [-0.05, 0) is 25.0 Å². The Hall–Kier alpha value is -1.39. The summed E-state index contributed by atoms with van der Waals surface area (Å²) in [5, 5.41) is 2.80. The molecule has 134 valence electrons. The van der Waals surface area contributed by atoms with Gasteiger partial charge in [-0.2, -0.15) is 5.10 Å². The van der Waals surface area contributed by atoms with E-state index < -0.39 is 25.2 Å². The quantitative estimate of drug-likeness (QED) is 0.623. The molecule has 0 spiro atoms. The summed E-state index contributed by atoms with van der Waals surface area (Å²) in [6.07, 6.45) is 1.70. The third-order valence-electron chi connectivity index (χ3n) is 3.60. The van der Waals surface area contributed by atoms with Gasteiger partial charge < -0.3 is 11.5 Å². The van der Waals surface area contributed by atoms with Crippen molar-refractivity contribution < 1.29 is 19.4 Å². The van der Waals surface area contributed by atoms with Crippen LogP contribution in [-0.2, 0) is 0 Å². The first-order valence-electron chi connectivity index (χ1n) is 6.56. The van der Waals surface area contributed by atoms with Gasteiger partial charge in [0.2, 0.25) is 0 Å². The van der Waals surface area contributed by atoms with Crippen LogP contribution in [0.5, 0.6) is 0 Å². The van der Waals surface area contributed by atoms with Crippen LogP contribution in [0.3, 0.4) is 0 Å². The average molecular weight is 409 g/mol. The Bertz CT molecular complexity index is 838. The Labute approximate surface area is 143 Å². The van der Waals surface area contributed by atoms with Crippen molar-refractivity contribution in [1.82, 2.24) is 9.78 Å². The highest BCUT2D eigenvalue weighted by molar-refractivity contribution is 8.45. The van der Waals surface area contributed by atoms with Crippen molar-refractivity contribution in [2.24, 2.45) is 0 Å². The van der Waals surface area contributed by atoms with Gasteiger partial charge in [0.25, 0.3) is 0 Å².